The van der Waals surface area contributed by atoms with Gasteiger partial charge in [-0.25, -0.2) is 0 Å². The fourth-order valence-electron chi connectivity index (χ4n) is 4.04. The van der Waals surface area contributed by atoms with E-state index in [9.17, 15) is 0 Å². The van der Waals surface area contributed by atoms with E-state index in [2.05, 4.69) is 102 Å². The molecule has 1 nitrogen and oxygen atoms in total. The van der Waals surface area contributed by atoms with Gasteiger partial charge in [0.1, 0.15) is 0 Å². The molecule has 0 aliphatic carbocycles. The van der Waals surface area contributed by atoms with Gasteiger partial charge in [-0.15, -0.1) is 0 Å². The van der Waals surface area contributed by atoms with Gasteiger partial charge in [0.25, 0.3) is 0 Å². The predicted octanol–water partition coefficient (Wildman–Crippen LogP) is 7.02. The number of rotatable bonds is 6. The lowest BCUT2D eigenvalue weighted by Crippen LogP contribution is -2.30. The van der Waals surface area contributed by atoms with E-state index in [1.54, 1.807) is 0 Å². The third kappa shape index (κ3) is 5.92. The first-order valence-electron chi connectivity index (χ1n) is 11.0. The molecule has 0 saturated heterocycles. The van der Waals surface area contributed by atoms with Crippen LogP contribution in [-0.4, -0.2) is 24.5 Å². The summed E-state index contributed by atoms with van der Waals surface area (Å²) in [5.74, 6) is 0.465. The Labute approximate surface area is 176 Å². The van der Waals surface area contributed by atoms with Crippen molar-refractivity contribution in [3.63, 3.8) is 0 Å². The maximum atomic E-state index is 2.59. The maximum absolute atomic E-state index is 2.59. The van der Waals surface area contributed by atoms with Gasteiger partial charge in [-0.1, -0.05) is 111 Å². The summed E-state index contributed by atoms with van der Waals surface area (Å²) < 4.78 is 0. The van der Waals surface area contributed by atoms with Crippen molar-refractivity contribution in [2.45, 2.75) is 32.6 Å². The molecule has 4 rings (SSSR count). The average molecular weight is 384 g/mol. The van der Waals surface area contributed by atoms with Crippen LogP contribution in [0.1, 0.15) is 49.3 Å². The molecule has 0 bridgehead atoms. The Morgan fingerprint density at radius 1 is 0.724 bits per heavy atom. The Balaban J connectivity index is 0.00000117. The van der Waals surface area contributed by atoms with E-state index < -0.39 is 0 Å². The highest BCUT2D eigenvalue weighted by Crippen LogP contribution is 2.29. The van der Waals surface area contributed by atoms with Crippen LogP contribution >= 0.6 is 0 Å². The van der Waals surface area contributed by atoms with E-state index in [0.717, 1.165) is 32.5 Å². The van der Waals surface area contributed by atoms with Crippen LogP contribution in [0.5, 0.6) is 0 Å². The summed E-state index contributed by atoms with van der Waals surface area (Å²) >= 11 is 0. The largest absolute Gasteiger partial charge is 0.299 e. The number of hydrogen-bond acceptors (Lipinski definition) is 1. The summed E-state index contributed by atoms with van der Waals surface area (Å²) in [6.07, 6.45) is 4.72. The molecule has 0 atom stereocenters. The molecule has 1 aliphatic heterocycles. The van der Waals surface area contributed by atoms with Gasteiger partial charge in [0, 0.05) is 19.0 Å². The third-order valence-corrected chi connectivity index (χ3v) is 5.58. The number of hydrogen-bond donors (Lipinski definition) is 0. The minimum Gasteiger partial charge on any atom is -0.299 e. The van der Waals surface area contributed by atoms with Crippen LogP contribution in [-0.2, 0) is 0 Å². The molecule has 29 heavy (non-hydrogen) atoms. The van der Waals surface area contributed by atoms with Gasteiger partial charge >= 0.3 is 0 Å². The van der Waals surface area contributed by atoms with Crippen LogP contribution in [0.4, 0.5) is 0 Å². The summed E-state index contributed by atoms with van der Waals surface area (Å²) in [5.41, 5.74) is 5.71. The monoisotopic (exact) mass is 383 g/mol. The smallest absolute Gasteiger partial charge is 0.0169 e. The highest BCUT2D eigenvalue weighted by Gasteiger charge is 2.17. The third-order valence-electron chi connectivity index (χ3n) is 5.58. The van der Waals surface area contributed by atoms with E-state index >= 15 is 0 Å². The van der Waals surface area contributed by atoms with Gasteiger partial charge in [0.2, 0.25) is 0 Å². The number of nitrogens with zero attached hydrogens (tertiary/aromatic N) is 1. The first-order chi connectivity index (χ1) is 14.4. The second-order valence-electron chi connectivity index (χ2n) is 7.31. The zero-order valence-corrected chi connectivity index (χ0v) is 17.8. The molecule has 150 valence electrons. The summed E-state index contributed by atoms with van der Waals surface area (Å²) in [6, 6.07) is 32.7. The number of benzene rings is 3. The van der Waals surface area contributed by atoms with Crippen molar-refractivity contribution in [3.05, 3.63) is 114 Å². The summed E-state index contributed by atoms with van der Waals surface area (Å²) in [7, 11) is 0. The standard InChI is InChI=1S/C26H27N.C2H6/c1-4-10-22(11-5-1)23-16-19-27(20-17-23)21-18-26(24-12-6-2-7-13-24)25-14-8-3-9-15-25;1-2/h1-16,26H,17-21H2;1-2H3. The van der Waals surface area contributed by atoms with E-state index in [1.807, 2.05) is 13.8 Å². The fourth-order valence-corrected chi connectivity index (χ4v) is 4.04. The van der Waals surface area contributed by atoms with E-state index in [4.69, 9.17) is 0 Å². The maximum Gasteiger partial charge on any atom is 0.0169 e. The van der Waals surface area contributed by atoms with E-state index in [1.165, 1.54) is 22.3 Å². The van der Waals surface area contributed by atoms with Gasteiger partial charge in [-0.3, -0.25) is 4.90 Å². The van der Waals surface area contributed by atoms with Crippen LogP contribution < -0.4 is 0 Å². The average Bonchev–Trinajstić information content (AvgIpc) is 2.83. The Morgan fingerprint density at radius 3 is 1.72 bits per heavy atom. The Kier molecular flexibility index (Phi) is 8.27. The summed E-state index contributed by atoms with van der Waals surface area (Å²) in [5, 5.41) is 0. The molecule has 1 aliphatic rings. The lowest BCUT2D eigenvalue weighted by atomic mass is 9.88. The lowest BCUT2D eigenvalue weighted by molar-refractivity contribution is 0.293. The van der Waals surface area contributed by atoms with Crippen molar-refractivity contribution in [3.8, 4) is 0 Å². The minimum absolute atomic E-state index is 0.465. The molecule has 0 saturated carbocycles. The molecular formula is C28H33N. The topological polar surface area (TPSA) is 3.24 Å². The van der Waals surface area contributed by atoms with Gasteiger partial charge in [-0.05, 0) is 41.6 Å². The Morgan fingerprint density at radius 2 is 1.24 bits per heavy atom. The molecule has 0 fully saturated rings. The second-order valence-corrected chi connectivity index (χ2v) is 7.31. The van der Waals surface area contributed by atoms with Gasteiger partial charge in [-0.2, -0.15) is 0 Å². The van der Waals surface area contributed by atoms with Crippen LogP contribution in [0.25, 0.3) is 5.57 Å². The summed E-state index contributed by atoms with van der Waals surface area (Å²) in [4.78, 5) is 2.59. The van der Waals surface area contributed by atoms with Crippen molar-refractivity contribution in [2.75, 3.05) is 19.6 Å². The van der Waals surface area contributed by atoms with Crippen molar-refractivity contribution in [1.29, 1.82) is 0 Å². The Hall–Kier alpha value is -2.64. The van der Waals surface area contributed by atoms with Gasteiger partial charge in [0.05, 0.1) is 0 Å². The molecule has 1 heterocycles. The van der Waals surface area contributed by atoms with Crippen LogP contribution in [0, 0.1) is 0 Å². The molecule has 0 unspecified atom stereocenters. The molecule has 0 aromatic heterocycles. The quantitative estimate of drug-likeness (QED) is 0.442. The lowest BCUT2D eigenvalue weighted by Gasteiger charge is -2.28. The molecule has 0 spiro atoms. The molecular weight excluding hydrogens is 350 g/mol. The minimum atomic E-state index is 0.465. The first-order valence-corrected chi connectivity index (χ1v) is 11.0. The van der Waals surface area contributed by atoms with Crippen molar-refractivity contribution < 1.29 is 0 Å². The molecule has 3 aromatic carbocycles. The zero-order valence-electron chi connectivity index (χ0n) is 17.8. The van der Waals surface area contributed by atoms with E-state index in [-0.39, 0.29) is 0 Å². The molecule has 0 amide bonds. The predicted molar refractivity (Wildman–Crippen MR) is 126 cm³/mol. The van der Waals surface area contributed by atoms with Crippen molar-refractivity contribution in [1.82, 2.24) is 4.90 Å². The van der Waals surface area contributed by atoms with Crippen LogP contribution in [0.3, 0.4) is 0 Å². The van der Waals surface area contributed by atoms with Crippen LogP contribution in [0.2, 0.25) is 0 Å². The van der Waals surface area contributed by atoms with Crippen molar-refractivity contribution >= 4 is 5.57 Å². The second kappa shape index (κ2) is 11.4. The Bertz CT molecular complexity index is 813. The van der Waals surface area contributed by atoms with Crippen molar-refractivity contribution in [2.24, 2.45) is 0 Å². The zero-order chi connectivity index (χ0) is 20.3. The molecule has 0 N–H and O–H groups in total. The van der Waals surface area contributed by atoms with E-state index in [0.29, 0.717) is 5.92 Å². The highest BCUT2D eigenvalue weighted by atomic mass is 15.1. The van der Waals surface area contributed by atoms with Crippen LogP contribution in [0.15, 0.2) is 97.1 Å². The normalized spacial score (nSPS) is 14.1. The highest BCUT2D eigenvalue weighted by molar-refractivity contribution is 5.66. The summed E-state index contributed by atoms with van der Waals surface area (Å²) in [6.45, 7) is 7.34. The first kappa shape index (κ1) is 21.1. The van der Waals surface area contributed by atoms with Gasteiger partial charge < -0.3 is 0 Å². The molecule has 0 radical (unpaired) electrons. The molecule has 1 heteroatoms. The van der Waals surface area contributed by atoms with Gasteiger partial charge in [0.15, 0.2) is 0 Å². The fraction of sp³-hybridized carbons (Fsp3) is 0.286. The molecule has 3 aromatic rings. The SMILES string of the molecule is C1=C(c2ccccc2)CCN(CCC(c2ccccc2)c2ccccc2)C1.CC.